The first-order valence-corrected chi connectivity index (χ1v) is 9.29. The zero-order valence-corrected chi connectivity index (χ0v) is 16.0. The lowest BCUT2D eigenvalue weighted by atomic mass is 10.2. The Balaban J connectivity index is 1.55. The van der Waals surface area contributed by atoms with Crippen LogP contribution in [-0.2, 0) is 0 Å². The van der Waals surface area contributed by atoms with Crippen LogP contribution in [-0.4, -0.2) is 59.1 Å². The van der Waals surface area contributed by atoms with E-state index >= 15 is 0 Å². The Labute approximate surface area is 168 Å². The van der Waals surface area contributed by atoms with E-state index in [1.165, 1.54) is 0 Å². The van der Waals surface area contributed by atoms with Crippen molar-refractivity contribution in [1.82, 2.24) is 25.3 Å². The SMILES string of the molecule is COc1ccc(-c2nccc(C(=O)Nc3cnccc3N3CCNCC3)n2)cn1. The zero-order chi connectivity index (χ0) is 20.1. The molecule has 9 nitrogen and oxygen atoms in total. The van der Waals surface area contributed by atoms with Gasteiger partial charge in [-0.05, 0) is 18.2 Å². The topological polar surface area (TPSA) is 105 Å². The molecule has 1 aliphatic heterocycles. The van der Waals surface area contributed by atoms with Gasteiger partial charge in [-0.25, -0.2) is 15.0 Å². The molecule has 9 heteroatoms. The van der Waals surface area contributed by atoms with E-state index < -0.39 is 0 Å². The van der Waals surface area contributed by atoms with Gasteiger partial charge in [0, 0.05) is 56.4 Å². The van der Waals surface area contributed by atoms with E-state index in [1.54, 1.807) is 50.1 Å². The highest BCUT2D eigenvalue weighted by Gasteiger charge is 2.17. The Morgan fingerprint density at radius 2 is 1.97 bits per heavy atom. The number of aromatic nitrogens is 4. The summed E-state index contributed by atoms with van der Waals surface area (Å²) < 4.78 is 5.06. The maximum atomic E-state index is 12.8. The Morgan fingerprint density at radius 1 is 1.10 bits per heavy atom. The van der Waals surface area contributed by atoms with Gasteiger partial charge in [0.1, 0.15) is 5.69 Å². The first kappa shape index (κ1) is 18.8. The minimum absolute atomic E-state index is 0.265. The summed E-state index contributed by atoms with van der Waals surface area (Å²) in [4.78, 5) is 32.0. The summed E-state index contributed by atoms with van der Waals surface area (Å²) in [6.45, 7) is 3.55. The van der Waals surface area contributed by atoms with E-state index in [4.69, 9.17) is 4.74 Å². The van der Waals surface area contributed by atoms with Crippen molar-refractivity contribution >= 4 is 17.3 Å². The first-order valence-electron chi connectivity index (χ1n) is 9.29. The number of ether oxygens (including phenoxy) is 1. The van der Waals surface area contributed by atoms with Gasteiger partial charge in [-0.2, -0.15) is 0 Å². The maximum Gasteiger partial charge on any atom is 0.274 e. The lowest BCUT2D eigenvalue weighted by Crippen LogP contribution is -2.43. The average molecular weight is 391 g/mol. The predicted octanol–water partition coefficient (Wildman–Crippen LogP) is 1.60. The molecule has 0 aromatic carbocycles. The molecule has 1 fully saturated rings. The summed E-state index contributed by atoms with van der Waals surface area (Å²) in [5, 5.41) is 6.26. The molecule has 3 aromatic rings. The third kappa shape index (κ3) is 4.30. The van der Waals surface area contributed by atoms with Gasteiger partial charge in [0.2, 0.25) is 5.88 Å². The van der Waals surface area contributed by atoms with Gasteiger partial charge in [0.05, 0.1) is 24.7 Å². The molecule has 0 bridgehead atoms. The van der Waals surface area contributed by atoms with Crippen molar-refractivity contribution in [3.8, 4) is 17.3 Å². The van der Waals surface area contributed by atoms with Crippen LogP contribution in [0.25, 0.3) is 11.4 Å². The van der Waals surface area contributed by atoms with Crippen molar-refractivity contribution in [2.24, 2.45) is 0 Å². The van der Waals surface area contributed by atoms with Crippen LogP contribution < -0.4 is 20.3 Å². The molecule has 1 saturated heterocycles. The largest absolute Gasteiger partial charge is 0.481 e. The van der Waals surface area contributed by atoms with Crippen LogP contribution in [0.5, 0.6) is 5.88 Å². The second-order valence-electron chi connectivity index (χ2n) is 6.44. The van der Waals surface area contributed by atoms with Gasteiger partial charge in [-0.3, -0.25) is 9.78 Å². The second-order valence-corrected chi connectivity index (χ2v) is 6.44. The summed E-state index contributed by atoms with van der Waals surface area (Å²) in [5.41, 5.74) is 2.57. The number of hydrogen-bond donors (Lipinski definition) is 2. The third-order valence-electron chi connectivity index (χ3n) is 4.60. The smallest absolute Gasteiger partial charge is 0.274 e. The lowest BCUT2D eigenvalue weighted by Gasteiger charge is -2.30. The molecule has 1 amide bonds. The van der Waals surface area contributed by atoms with Crippen LogP contribution in [0, 0.1) is 0 Å². The molecule has 0 spiro atoms. The van der Waals surface area contributed by atoms with Crippen LogP contribution in [0.4, 0.5) is 11.4 Å². The first-order chi connectivity index (χ1) is 14.2. The van der Waals surface area contributed by atoms with Crippen LogP contribution in [0.15, 0.2) is 49.1 Å². The molecular weight excluding hydrogens is 370 g/mol. The van der Waals surface area contributed by atoms with Gasteiger partial charge in [-0.15, -0.1) is 0 Å². The number of pyridine rings is 2. The Hall–Kier alpha value is -3.59. The summed E-state index contributed by atoms with van der Waals surface area (Å²) >= 11 is 0. The number of nitrogens with one attached hydrogen (secondary N) is 2. The van der Waals surface area contributed by atoms with E-state index in [-0.39, 0.29) is 11.6 Å². The van der Waals surface area contributed by atoms with Crippen molar-refractivity contribution in [2.75, 3.05) is 43.5 Å². The highest BCUT2D eigenvalue weighted by molar-refractivity contribution is 6.04. The standard InChI is InChI=1S/C20H21N7O2/c1-29-18-3-2-14(12-24-18)19-23-7-4-15(25-19)20(28)26-16-13-22-6-5-17(16)27-10-8-21-9-11-27/h2-7,12-13,21H,8-11H2,1H3,(H,26,28). The number of hydrogen-bond acceptors (Lipinski definition) is 8. The van der Waals surface area contributed by atoms with Crippen molar-refractivity contribution < 1.29 is 9.53 Å². The fraction of sp³-hybridized carbons (Fsp3) is 0.250. The van der Waals surface area contributed by atoms with Gasteiger partial charge in [0.15, 0.2) is 5.82 Å². The van der Waals surface area contributed by atoms with Crippen LogP contribution in [0.2, 0.25) is 0 Å². The highest BCUT2D eigenvalue weighted by Crippen LogP contribution is 2.25. The number of carbonyl (C=O) groups excluding carboxylic acids is 1. The molecule has 0 saturated carbocycles. The molecule has 0 radical (unpaired) electrons. The Kier molecular flexibility index (Phi) is 5.57. The van der Waals surface area contributed by atoms with Crippen molar-refractivity contribution in [2.45, 2.75) is 0 Å². The highest BCUT2D eigenvalue weighted by atomic mass is 16.5. The van der Waals surface area contributed by atoms with Crippen LogP contribution in [0.1, 0.15) is 10.5 Å². The fourth-order valence-electron chi connectivity index (χ4n) is 3.11. The van der Waals surface area contributed by atoms with Crippen molar-refractivity contribution in [3.63, 3.8) is 0 Å². The van der Waals surface area contributed by atoms with Gasteiger partial charge in [-0.1, -0.05) is 0 Å². The van der Waals surface area contributed by atoms with E-state index in [9.17, 15) is 4.79 Å². The molecule has 1 aliphatic rings. The minimum atomic E-state index is -0.320. The summed E-state index contributed by atoms with van der Waals surface area (Å²) in [6.07, 6.45) is 6.55. The predicted molar refractivity (Wildman–Crippen MR) is 109 cm³/mol. The van der Waals surface area contributed by atoms with Crippen molar-refractivity contribution in [3.05, 3.63) is 54.7 Å². The van der Waals surface area contributed by atoms with E-state index in [0.29, 0.717) is 23.0 Å². The molecule has 29 heavy (non-hydrogen) atoms. The Morgan fingerprint density at radius 3 is 2.72 bits per heavy atom. The third-order valence-corrected chi connectivity index (χ3v) is 4.60. The van der Waals surface area contributed by atoms with Gasteiger partial charge < -0.3 is 20.3 Å². The second kappa shape index (κ2) is 8.61. The molecule has 3 aromatic heterocycles. The van der Waals surface area contributed by atoms with E-state index in [1.807, 2.05) is 6.07 Å². The van der Waals surface area contributed by atoms with Crippen molar-refractivity contribution in [1.29, 1.82) is 0 Å². The summed E-state index contributed by atoms with van der Waals surface area (Å²) in [7, 11) is 1.55. The molecule has 0 aliphatic carbocycles. The van der Waals surface area contributed by atoms with Crippen LogP contribution >= 0.6 is 0 Å². The van der Waals surface area contributed by atoms with Gasteiger partial charge >= 0.3 is 0 Å². The summed E-state index contributed by atoms with van der Waals surface area (Å²) in [5.74, 6) is 0.598. The summed E-state index contributed by atoms with van der Waals surface area (Å²) in [6, 6.07) is 7.01. The minimum Gasteiger partial charge on any atom is -0.481 e. The monoisotopic (exact) mass is 391 g/mol. The number of rotatable bonds is 5. The number of piperazine rings is 1. The normalized spacial score (nSPS) is 13.8. The zero-order valence-electron chi connectivity index (χ0n) is 16.0. The molecule has 148 valence electrons. The molecule has 0 atom stereocenters. The molecule has 4 heterocycles. The van der Waals surface area contributed by atoms with E-state index in [0.717, 1.165) is 31.9 Å². The average Bonchev–Trinajstić information content (AvgIpc) is 2.80. The number of methoxy groups -OCH3 is 1. The molecule has 2 N–H and O–H groups in total. The lowest BCUT2D eigenvalue weighted by molar-refractivity contribution is 0.102. The van der Waals surface area contributed by atoms with Crippen LogP contribution in [0.3, 0.4) is 0 Å². The Bertz CT molecular complexity index is 988. The molecule has 0 unspecified atom stereocenters. The quantitative estimate of drug-likeness (QED) is 0.676. The number of carbonyl (C=O) groups is 1. The molecule has 4 rings (SSSR count). The number of nitrogens with zero attached hydrogens (tertiary/aromatic N) is 5. The van der Waals surface area contributed by atoms with Gasteiger partial charge in [0.25, 0.3) is 5.91 Å². The number of amides is 1. The number of anilines is 2. The maximum absolute atomic E-state index is 12.8. The van der Waals surface area contributed by atoms with E-state index in [2.05, 4.69) is 35.5 Å². The molecular formula is C20H21N7O2. The fourth-order valence-corrected chi connectivity index (χ4v) is 3.11.